The Morgan fingerprint density at radius 3 is 2.63 bits per heavy atom. The first kappa shape index (κ1) is 19.4. The average molecular weight is 368 g/mol. The number of nitrogen functional groups attached to an aromatic ring is 1. The van der Waals surface area contributed by atoms with Crippen LogP contribution in [0.15, 0.2) is 54.6 Å². The van der Waals surface area contributed by atoms with Crippen molar-refractivity contribution in [3.8, 4) is 5.75 Å². The standard InChI is InChI=1S/C22H28N2O3/c1-16(25)22(17-5-3-2-4-6-17)11-12-24-14-18(22)13-20(26)15-27-21-9-7-19(23)8-10-21/h2-10,18,20,24,26H,11-15,23H2,1H3/t18-,20-,22+/m0/s1. The van der Waals surface area contributed by atoms with Gasteiger partial charge in [-0.05, 0) is 68.6 Å². The molecule has 2 aromatic carbocycles. The highest BCUT2D eigenvalue weighted by molar-refractivity contribution is 5.88. The van der Waals surface area contributed by atoms with Crippen molar-refractivity contribution in [3.63, 3.8) is 0 Å². The van der Waals surface area contributed by atoms with Crippen molar-refractivity contribution in [2.75, 3.05) is 25.4 Å². The molecule has 3 atom stereocenters. The lowest BCUT2D eigenvalue weighted by Crippen LogP contribution is -2.53. The lowest BCUT2D eigenvalue weighted by molar-refractivity contribution is -0.126. The van der Waals surface area contributed by atoms with Crippen LogP contribution in [0.1, 0.15) is 25.3 Å². The van der Waals surface area contributed by atoms with Crippen LogP contribution < -0.4 is 15.8 Å². The Bertz CT molecular complexity index is 748. The Kier molecular flexibility index (Phi) is 6.14. The summed E-state index contributed by atoms with van der Waals surface area (Å²) in [7, 11) is 0. The molecule has 3 rings (SSSR count). The van der Waals surface area contributed by atoms with Gasteiger partial charge in [0.2, 0.25) is 0 Å². The fourth-order valence-electron chi connectivity index (χ4n) is 4.16. The van der Waals surface area contributed by atoms with Crippen molar-refractivity contribution in [3.05, 3.63) is 60.2 Å². The van der Waals surface area contributed by atoms with Gasteiger partial charge in [0.1, 0.15) is 18.1 Å². The second kappa shape index (κ2) is 8.55. The Morgan fingerprint density at radius 2 is 1.96 bits per heavy atom. The second-order valence-electron chi connectivity index (χ2n) is 7.31. The van der Waals surface area contributed by atoms with Gasteiger partial charge in [-0.1, -0.05) is 30.3 Å². The van der Waals surface area contributed by atoms with E-state index < -0.39 is 11.5 Å². The number of carbonyl (C=O) groups excluding carboxylic acids is 1. The number of nitrogens with one attached hydrogen (secondary N) is 1. The minimum atomic E-state index is -0.658. The van der Waals surface area contributed by atoms with Gasteiger partial charge in [-0.15, -0.1) is 0 Å². The molecule has 0 saturated carbocycles. The molecule has 1 saturated heterocycles. The first-order chi connectivity index (χ1) is 13.0. The van der Waals surface area contributed by atoms with Gasteiger partial charge in [0.25, 0.3) is 0 Å². The molecule has 0 aromatic heterocycles. The van der Waals surface area contributed by atoms with Crippen LogP contribution in [0.3, 0.4) is 0 Å². The van der Waals surface area contributed by atoms with Crippen LogP contribution in [0.5, 0.6) is 5.75 Å². The van der Waals surface area contributed by atoms with Crippen LogP contribution >= 0.6 is 0 Å². The van der Waals surface area contributed by atoms with E-state index in [9.17, 15) is 9.90 Å². The molecular formula is C22H28N2O3. The molecule has 4 N–H and O–H groups in total. The van der Waals surface area contributed by atoms with Crippen LogP contribution in [0.2, 0.25) is 0 Å². The van der Waals surface area contributed by atoms with E-state index in [2.05, 4.69) is 5.32 Å². The molecule has 1 aliphatic heterocycles. The highest BCUT2D eigenvalue weighted by Crippen LogP contribution is 2.41. The van der Waals surface area contributed by atoms with E-state index >= 15 is 0 Å². The van der Waals surface area contributed by atoms with Gasteiger partial charge >= 0.3 is 0 Å². The van der Waals surface area contributed by atoms with Crippen molar-refractivity contribution < 1.29 is 14.6 Å². The first-order valence-corrected chi connectivity index (χ1v) is 9.46. The maximum absolute atomic E-state index is 12.8. The van der Waals surface area contributed by atoms with Crippen molar-refractivity contribution in [2.45, 2.75) is 31.3 Å². The zero-order valence-electron chi connectivity index (χ0n) is 15.7. The molecule has 27 heavy (non-hydrogen) atoms. The summed E-state index contributed by atoms with van der Waals surface area (Å²) < 4.78 is 5.69. The van der Waals surface area contributed by atoms with E-state index in [1.165, 1.54) is 0 Å². The van der Waals surface area contributed by atoms with Crippen LogP contribution in [-0.2, 0) is 10.2 Å². The average Bonchev–Trinajstić information content (AvgIpc) is 2.68. The number of ketones is 1. The maximum atomic E-state index is 12.8. The normalized spacial score (nSPS) is 23.6. The Hall–Kier alpha value is -2.37. The molecule has 0 aliphatic carbocycles. The Balaban J connectivity index is 1.72. The highest BCUT2D eigenvalue weighted by Gasteiger charge is 2.46. The summed E-state index contributed by atoms with van der Waals surface area (Å²) in [6, 6.07) is 17.1. The predicted molar refractivity (Wildman–Crippen MR) is 107 cm³/mol. The zero-order valence-corrected chi connectivity index (χ0v) is 15.7. The first-order valence-electron chi connectivity index (χ1n) is 9.46. The number of ether oxygens (including phenoxy) is 1. The summed E-state index contributed by atoms with van der Waals surface area (Å²) in [5.74, 6) is 0.842. The number of carbonyl (C=O) groups is 1. The van der Waals surface area contributed by atoms with Crippen LogP contribution in [0.4, 0.5) is 5.69 Å². The van der Waals surface area contributed by atoms with Crippen LogP contribution in [0, 0.1) is 5.92 Å². The van der Waals surface area contributed by atoms with Crippen molar-refractivity contribution >= 4 is 11.5 Å². The van der Waals surface area contributed by atoms with Gasteiger partial charge in [0, 0.05) is 5.69 Å². The molecule has 0 amide bonds. The van der Waals surface area contributed by atoms with Gasteiger partial charge < -0.3 is 20.9 Å². The minimum absolute atomic E-state index is 0.0103. The van der Waals surface area contributed by atoms with E-state index in [0.29, 0.717) is 24.4 Å². The summed E-state index contributed by atoms with van der Waals surface area (Å²) in [6.07, 6.45) is 0.578. The smallest absolute Gasteiger partial charge is 0.140 e. The lowest BCUT2D eigenvalue weighted by atomic mass is 9.62. The number of anilines is 1. The van der Waals surface area contributed by atoms with Gasteiger partial charge in [-0.3, -0.25) is 4.79 Å². The van der Waals surface area contributed by atoms with E-state index in [1.54, 1.807) is 31.2 Å². The Labute approximate surface area is 160 Å². The molecule has 1 fully saturated rings. The molecule has 0 radical (unpaired) electrons. The van der Waals surface area contributed by atoms with Crippen LogP contribution in [0.25, 0.3) is 0 Å². The number of Topliss-reactive ketones (excluding diaryl/α,β-unsaturated/α-hetero) is 1. The van der Waals surface area contributed by atoms with Gasteiger partial charge in [0.05, 0.1) is 11.5 Å². The molecule has 1 aliphatic rings. The van der Waals surface area contributed by atoms with Crippen molar-refractivity contribution in [2.24, 2.45) is 5.92 Å². The second-order valence-corrected chi connectivity index (χ2v) is 7.31. The summed E-state index contributed by atoms with van der Waals surface area (Å²) in [4.78, 5) is 12.8. The fourth-order valence-corrected chi connectivity index (χ4v) is 4.16. The highest BCUT2D eigenvalue weighted by atomic mass is 16.5. The summed E-state index contributed by atoms with van der Waals surface area (Å²) >= 11 is 0. The molecular weight excluding hydrogens is 340 g/mol. The van der Waals surface area contributed by atoms with Gasteiger partial charge in [-0.2, -0.15) is 0 Å². The minimum Gasteiger partial charge on any atom is -0.491 e. The molecule has 144 valence electrons. The molecule has 5 heteroatoms. The SMILES string of the molecule is CC(=O)[C@@]1(c2ccccc2)CCNC[C@@H]1C[C@H](O)COc1ccc(N)cc1. The molecule has 1 heterocycles. The number of piperidine rings is 1. The van der Waals surface area contributed by atoms with E-state index in [4.69, 9.17) is 10.5 Å². The predicted octanol–water partition coefficient (Wildman–Crippen LogP) is 2.54. The molecule has 0 unspecified atom stereocenters. The fraction of sp³-hybridized carbons (Fsp3) is 0.409. The largest absolute Gasteiger partial charge is 0.491 e. The third kappa shape index (κ3) is 4.31. The quantitative estimate of drug-likeness (QED) is 0.654. The zero-order chi connectivity index (χ0) is 19.3. The number of nitrogens with two attached hydrogens (primary N) is 1. The summed E-state index contributed by atoms with van der Waals surface area (Å²) in [6.45, 7) is 3.35. The van der Waals surface area contributed by atoms with Crippen LogP contribution in [-0.4, -0.2) is 36.7 Å². The lowest BCUT2D eigenvalue weighted by Gasteiger charge is -2.44. The van der Waals surface area contributed by atoms with E-state index in [0.717, 1.165) is 18.5 Å². The molecule has 0 spiro atoms. The molecule has 5 nitrogen and oxygen atoms in total. The van der Waals surface area contributed by atoms with E-state index in [1.807, 2.05) is 30.3 Å². The number of rotatable bonds is 7. The molecule has 2 aromatic rings. The van der Waals surface area contributed by atoms with Crippen molar-refractivity contribution in [1.29, 1.82) is 0 Å². The molecule has 0 bridgehead atoms. The number of aliphatic hydroxyl groups excluding tert-OH is 1. The third-order valence-corrected chi connectivity index (χ3v) is 5.58. The van der Waals surface area contributed by atoms with E-state index in [-0.39, 0.29) is 18.3 Å². The topological polar surface area (TPSA) is 84.6 Å². The third-order valence-electron chi connectivity index (χ3n) is 5.58. The van der Waals surface area contributed by atoms with Crippen molar-refractivity contribution in [1.82, 2.24) is 5.32 Å². The number of benzene rings is 2. The van der Waals surface area contributed by atoms with Gasteiger partial charge in [-0.25, -0.2) is 0 Å². The summed E-state index contributed by atoms with van der Waals surface area (Å²) in [5.41, 5.74) is 6.82. The Morgan fingerprint density at radius 1 is 1.26 bits per heavy atom. The monoisotopic (exact) mass is 368 g/mol. The number of hydrogen-bond donors (Lipinski definition) is 3. The maximum Gasteiger partial charge on any atom is 0.140 e. The number of aliphatic hydroxyl groups is 1. The summed E-state index contributed by atoms with van der Waals surface area (Å²) in [5, 5.41) is 14.0. The van der Waals surface area contributed by atoms with Gasteiger partial charge in [0.15, 0.2) is 0 Å². The number of hydrogen-bond acceptors (Lipinski definition) is 5.